The maximum absolute atomic E-state index is 5.54. The van der Waals surface area contributed by atoms with Crippen LogP contribution in [-0.2, 0) is 11.2 Å². The first kappa shape index (κ1) is 16.5. The fraction of sp³-hybridized carbons (Fsp3) is 0.667. The first-order chi connectivity index (χ1) is 10.1. The summed E-state index contributed by atoms with van der Waals surface area (Å²) in [5, 5.41) is 3.70. The van der Waals surface area contributed by atoms with Gasteiger partial charge in [-0.1, -0.05) is 30.3 Å². The summed E-state index contributed by atoms with van der Waals surface area (Å²) in [6, 6.07) is 11.4. The third kappa shape index (κ3) is 5.77. The van der Waals surface area contributed by atoms with Crippen molar-refractivity contribution in [1.82, 2.24) is 10.2 Å². The summed E-state index contributed by atoms with van der Waals surface area (Å²) in [5.41, 5.74) is 1.41. The molecule has 0 saturated carbocycles. The van der Waals surface area contributed by atoms with Crippen LogP contribution in [0.2, 0.25) is 0 Å². The molecule has 1 atom stereocenters. The number of hydrogen-bond acceptors (Lipinski definition) is 3. The Morgan fingerprint density at radius 1 is 1.29 bits per heavy atom. The lowest BCUT2D eigenvalue weighted by molar-refractivity contribution is 0.00733. The van der Waals surface area contributed by atoms with E-state index in [-0.39, 0.29) is 5.60 Å². The Hall–Kier alpha value is -0.900. The molecule has 1 unspecified atom stereocenters. The average Bonchev–Trinajstić information content (AvgIpc) is 2.72. The molecule has 0 aromatic heterocycles. The summed E-state index contributed by atoms with van der Waals surface area (Å²) < 4.78 is 5.54. The number of nitrogens with one attached hydrogen (secondary N) is 1. The van der Waals surface area contributed by atoms with Crippen molar-refractivity contribution in [2.24, 2.45) is 0 Å². The molecule has 1 heterocycles. The minimum atomic E-state index is -0.0192. The fourth-order valence-corrected chi connectivity index (χ4v) is 2.84. The van der Waals surface area contributed by atoms with Crippen LogP contribution in [0, 0.1) is 0 Å². The van der Waals surface area contributed by atoms with Gasteiger partial charge < -0.3 is 15.0 Å². The van der Waals surface area contributed by atoms with E-state index in [0.717, 1.165) is 32.5 Å². The zero-order chi connectivity index (χ0) is 15.1. The van der Waals surface area contributed by atoms with Gasteiger partial charge in [0.05, 0.1) is 5.60 Å². The van der Waals surface area contributed by atoms with E-state index >= 15 is 0 Å². The summed E-state index contributed by atoms with van der Waals surface area (Å²) in [5.74, 6) is 0. The van der Waals surface area contributed by atoms with Crippen molar-refractivity contribution in [1.29, 1.82) is 0 Å². The van der Waals surface area contributed by atoms with Crippen LogP contribution in [-0.4, -0.2) is 49.8 Å². The molecule has 1 aliphatic heterocycles. The molecule has 0 spiro atoms. The van der Waals surface area contributed by atoms with Gasteiger partial charge >= 0.3 is 0 Å². The first-order valence-corrected chi connectivity index (χ1v) is 8.14. The van der Waals surface area contributed by atoms with Crippen LogP contribution in [0.25, 0.3) is 0 Å². The third-order valence-electron chi connectivity index (χ3n) is 4.47. The van der Waals surface area contributed by atoms with E-state index in [1.54, 1.807) is 0 Å². The lowest BCUT2D eigenvalue weighted by Gasteiger charge is -2.29. The summed E-state index contributed by atoms with van der Waals surface area (Å²) in [6.45, 7) is 8.91. The molecule has 2 rings (SSSR count). The van der Waals surface area contributed by atoms with Crippen molar-refractivity contribution < 1.29 is 4.74 Å². The predicted molar refractivity (Wildman–Crippen MR) is 88.7 cm³/mol. The monoisotopic (exact) mass is 290 g/mol. The molecule has 3 heteroatoms. The summed E-state index contributed by atoms with van der Waals surface area (Å²) in [7, 11) is 1.81. The van der Waals surface area contributed by atoms with E-state index in [0.29, 0.717) is 6.04 Å². The average molecular weight is 290 g/mol. The normalized spacial score (nSPS) is 21.2. The highest BCUT2D eigenvalue weighted by atomic mass is 16.5. The van der Waals surface area contributed by atoms with Gasteiger partial charge in [-0.3, -0.25) is 0 Å². The Bertz CT molecular complexity index is 405. The molecule has 1 fully saturated rings. The third-order valence-corrected chi connectivity index (χ3v) is 4.47. The quantitative estimate of drug-likeness (QED) is 0.872. The van der Waals surface area contributed by atoms with Crippen molar-refractivity contribution >= 4 is 0 Å². The largest absolute Gasteiger partial charge is 0.379 e. The molecular weight excluding hydrogens is 260 g/mol. The highest BCUT2D eigenvalue weighted by Gasteiger charge is 2.21. The van der Waals surface area contributed by atoms with E-state index < -0.39 is 0 Å². The number of methoxy groups -OCH3 is 1. The second-order valence-corrected chi connectivity index (χ2v) is 6.71. The Morgan fingerprint density at radius 3 is 2.76 bits per heavy atom. The highest BCUT2D eigenvalue weighted by Crippen LogP contribution is 2.15. The van der Waals surface area contributed by atoms with Gasteiger partial charge in [0.25, 0.3) is 0 Å². The van der Waals surface area contributed by atoms with E-state index in [9.17, 15) is 0 Å². The predicted octanol–water partition coefficient (Wildman–Crippen LogP) is 2.71. The second kappa shape index (κ2) is 7.92. The van der Waals surface area contributed by atoms with Gasteiger partial charge in [-0.15, -0.1) is 0 Å². The zero-order valence-corrected chi connectivity index (χ0v) is 13.8. The van der Waals surface area contributed by atoms with Crippen molar-refractivity contribution in [2.75, 3.05) is 33.3 Å². The van der Waals surface area contributed by atoms with Crippen LogP contribution < -0.4 is 5.32 Å². The molecule has 21 heavy (non-hydrogen) atoms. The van der Waals surface area contributed by atoms with Crippen LogP contribution >= 0.6 is 0 Å². The summed E-state index contributed by atoms with van der Waals surface area (Å²) in [4.78, 5) is 2.59. The van der Waals surface area contributed by atoms with Gasteiger partial charge in [-0.2, -0.15) is 0 Å². The van der Waals surface area contributed by atoms with E-state index in [2.05, 4.69) is 54.4 Å². The number of rotatable bonds is 6. The second-order valence-electron chi connectivity index (χ2n) is 6.71. The number of nitrogens with zero attached hydrogens (tertiary/aromatic N) is 1. The molecule has 0 bridgehead atoms. The maximum atomic E-state index is 5.54. The maximum Gasteiger partial charge on any atom is 0.0634 e. The van der Waals surface area contributed by atoms with Gasteiger partial charge in [0.2, 0.25) is 0 Å². The number of hydrogen-bond donors (Lipinski definition) is 1. The topological polar surface area (TPSA) is 24.5 Å². The van der Waals surface area contributed by atoms with Crippen molar-refractivity contribution in [3.8, 4) is 0 Å². The molecule has 0 amide bonds. The standard InChI is InChI=1S/C18H30N2O/c1-18(2,21-3)10-13-20-12-7-11-19-17(15-20)14-16-8-5-4-6-9-16/h4-6,8-9,17,19H,7,10-15H2,1-3H3. The molecule has 1 N–H and O–H groups in total. The Labute approximate surface area is 129 Å². The molecule has 1 aliphatic rings. The molecule has 118 valence electrons. The van der Waals surface area contributed by atoms with Crippen LogP contribution in [0.15, 0.2) is 30.3 Å². The van der Waals surface area contributed by atoms with Crippen molar-refractivity contribution in [3.05, 3.63) is 35.9 Å². The van der Waals surface area contributed by atoms with E-state index in [1.165, 1.54) is 18.5 Å². The van der Waals surface area contributed by atoms with Crippen molar-refractivity contribution in [3.63, 3.8) is 0 Å². The van der Waals surface area contributed by atoms with Crippen LogP contribution in [0.3, 0.4) is 0 Å². The summed E-state index contributed by atoms with van der Waals surface area (Å²) >= 11 is 0. The van der Waals surface area contributed by atoms with E-state index in [1.807, 2.05) is 7.11 Å². The lowest BCUT2D eigenvalue weighted by Crippen LogP contribution is -2.41. The molecule has 3 nitrogen and oxygen atoms in total. The van der Waals surface area contributed by atoms with Crippen LogP contribution in [0.5, 0.6) is 0 Å². The van der Waals surface area contributed by atoms with Gasteiger partial charge in [0.1, 0.15) is 0 Å². The molecule has 1 aromatic carbocycles. The van der Waals surface area contributed by atoms with Crippen LogP contribution in [0.4, 0.5) is 0 Å². The van der Waals surface area contributed by atoms with Gasteiger partial charge in [-0.05, 0) is 51.8 Å². The minimum Gasteiger partial charge on any atom is -0.379 e. The molecule has 0 radical (unpaired) electrons. The Balaban J connectivity index is 1.86. The van der Waals surface area contributed by atoms with Crippen LogP contribution in [0.1, 0.15) is 32.3 Å². The molecular formula is C18H30N2O. The van der Waals surface area contributed by atoms with Gasteiger partial charge in [0, 0.05) is 26.2 Å². The SMILES string of the molecule is COC(C)(C)CCN1CCCNC(Cc2ccccc2)C1. The minimum absolute atomic E-state index is 0.0192. The number of benzene rings is 1. The first-order valence-electron chi connectivity index (χ1n) is 8.14. The smallest absolute Gasteiger partial charge is 0.0634 e. The Kier molecular flexibility index (Phi) is 6.22. The Morgan fingerprint density at radius 2 is 2.05 bits per heavy atom. The lowest BCUT2D eigenvalue weighted by atomic mass is 10.0. The van der Waals surface area contributed by atoms with E-state index in [4.69, 9.17) is 4.74 Å². The van der Waals surface area contributed by atoms with Gasteiger partial charge in [-0.25, -0.2) is 0 Å². The van der Waals surface area contributed by atoms with Crippen molar-refractivity contribution in [2.45, 2.75) is 44.8 Å². The molecule has 0 aliphatic carbocycles. The number of ether oxygens (including phenoxy) is 1. The molecule has 1 aromatic rings. The highest BCUT2D eigenvalue weighted by molar-refractivity contribution is 5.16. The van der Waals surface area contributed by atoms with Gasteiger partial charge in [0.15, 0.2) is 0 Å². The molecule has 1 saturated heterocycles. The fourth-order valence-electron chi connectivity index (χ4n) is 2.84. The zero-order valence-electron chi connectivity index (χ0n) is 13.8. The summed E-state index contributed by atoms with van der Waals surface area (Å²) in [6.07, 6.45) is 3.44.